The van der Waals surface area contributed by atoms with Crippen LogP contribution in [0.1, 0.15) is 31.6 Å². The highest BCUT2D eigenvalue weighted by molar-refractivity contribution is 14.0. The molecule has 1 aromatic heterocycles. The summed E-state index contributed by atoms with van der Waals surface area (Å²) in [5.74, 6) is 2.39. The van der Waals surface area contributed by atoms with Crippen molar-refractivity contribution in [2.24, 2.45) is 10.9 Å². The molecule has 1 N–H and O–H groups in total. The first-order valence-electron chi connectivity index (χ1n) is 8.02. The van der Waals surface area contributed by atoms with Gasteiger partial charge in [-0.15, -0.1) is 24.0 Å². The van der Waals surface area contributed by atoms with E-state index in [9.17, 15) is 8.42 Å². The van der Waals surface area contributed by atoms with Gasteiger partial charge in [-0.05, 0) is 39.2 Å². The first-order chi connectivity index (χ1) is 10.8. The van der Waals surface area contributed by atoms with Crippen LogP contribution in [0.2, 0.25) is 0 Å². The standard InChI is InChI=1S/C16H27N3O3S.HI/c1-12(2)18-16(17-9-14-6-8-23(20,21)11-14)19(4)10-15-5-7-22-13(15)3;/h5,7,12,14H,6,8-11H2,1-4H3,(H,17,18);1H. The Kier molecular flexibility index (Phi) is 8.04. The van der Waals surface area contributed by atoms with Gasteiger partial charge in [0.2, 0.25) is 0 Å². The SMILES string of the molecule is Cc1occc1CN(C)C(=NCC1CCS(=O)(=O)C1)NC(C)C.I. The minimum atomic E-state index is -2.85. The number of nitrogens with zero attached hydrogens (tertiary/aromatic N) is 2. The Morgan fingerprint density at radius 3 is 2.71 bits per heavy atom. The third-order valence-corrected chi connectivity index (χ3v) is 5.82. The monoisotopic (exact) mass is 469 g/mol. The molecule has 1 saturated heterocycles. The van der Waals surface area contributed by atoms with E-state index in [4.69, 9.17) is 4.42 Å². The molecule has 0 aromatic carbocycles. The minimum absolute atomic E-state index is 0. The zero-order chi connectivity index (χ0) is 17.0. The summed E-state index contributed by atoms with van der Waals surface area (Å²) in [6.07, 6.45) is 2.40. The van der Waals surface area contributed by atoms with Crippen molar-refractivity contribution in [1.29, 1.82) is 0 Å². The lowest BCUT2D eigenvalue weighted by molar-refractivity contribution is 0.452. The maximum Gasteiger partial charge on any atom is 0.194 e. The highest BCUT2D eigenvalue weighted by atomic mass is 127. The highest BCUT2D eigenvalue weighted by Gasteiger charge is 2.27. The second-order valence-electron chi connectivity index (χ2n) is 6.59. The number of nitrogens with one attached hydrogen (secondary N) is 1. The number of hydrogen-bond acceptors (Lipinski definition) is 4. The van der Waals surface area contributed by atoms with Crippen molar-refractivity contribution in [2.75, 3.05) is 25.1 Å². The second kappa shape index (κ2) is 9.07. The average Bonchev–Trinajstić information content (AvgIpc) is 3.00. The molecule has 1 atom stereocenters. The Morgan fingerprint density at radius 2 is 2.21 bits per heavy atom. The Balaban J connectivity index is 0.00000288. The Hall–Kier alpha value is -0.770. The predicted octanol–water partition coefficient (Wildman–Crippen LogP) is 2.43. The van der Waals surface area contributed by atoms with Crippen molar-refractivity contribution in [2.45, 2.75) is 39.8 Å². The minimum Gasteiger partial charge on any atom is -0.469 e. The molecule has 0 amide bonds. The summed E-state index contributed by atoms with van der Waals surface area (Å²) in [7, 11) is -0.871. The van der Waals surface area contributed by atoms with Gasteiger partial charge in [-0.3, -0.25) is 4.99 Å². The lowest BCUT2D eigenvalue weighted by Gasteiger charge is -2.24. The summed E-state index contributed by atoms with van der Waals surface area (Å²) in [4.78, 5) is 6.70. The van der Waals surface area contributed by atoms with E-state index in [-0.39, 0.29) is 41.7 Å². The molecule has 1 fully saturated rings. The van der Waals surface area contributed by atoms with E-state index in [1.807, 2.05) is 24.9 Å². The maximum atomic E-state index is 11.6. The van der Waals surface area contributed by atoms with E-state index in [2.05, 4.69) is 24.2 Å². The van der Waals surface area contributed by atoms with Crippen LogP contribution in [-0.4, -0.2) is 50.4 Å². The number of furan rings is 1. The van der Waals surface area contributed by atoms with E-state index in [0.29, 0.717) is 25.3 Å². The number of sulfone groups is 1. The fourth-order valence-electron chi connectivity index (χ4n) is 2.67. The normalized spacial score (nSPS) is 20.0. The molecule has 6 nitrogen and oxygen atoms in total. The number of hydrogen-bond donors (Lipinski definition) is 1. The molecule has 0 spiro atoms. The van der Waals surface area contributed by atoms with E-state index in [1.54, 1.807) is 6.26 Å². The van der Waals surface area contributed by atoms with Crippen LogP contribution in [0, 0.1) is 12.8 Å². The summed E-state index contributed by atoms with van der Waals surface area (Å²) in [5, 5.41) is 3.35. The van der Waals surface area contributed by atoms with Crippen LogP contribution in [0.15, 0.2) is 21.7 Å². The quantitative estimate of drug-likeness (QED) is 0.408. The second-order valence-corrected chi connectivity index (χ2v) is 8.82. The number of rotatable bonds is 5. The van der Waals surface area contributed by atoms with Gasteiger partial charge >= 0.3 is 0 Å². The first kappa shape index (κ1) is 21.3. The molecular weight excluding hydrogens is 441 g/mol. The van der Waals surface area contributed by atoms with Crippen molar-refractivity contribution in [1.82, 2.24) is 10.2 Å². The van der Waals surface area contributed by atoms with E-state index >= 15 is 0 Å². The summed E-state index contributed by atoms with van der Waals surface area (Å²) >= 11 is 0. The van der Waals surface area contributed by atoms with Gasteiger partial charge in [-0.25, -0.2) is 8.42 Å². The van der Waals surface area contributed by atoms with E-state index in [1.165, 1.54) is 0 Å². The van der Waals surface area contributed by atoms with Crippen LogP contribution in [0.3, 0.4) is 0 Å². The molecule has 138 valence electrons. The molecule has 1 aliphatic rings. The van der Waals surface area contributed by atoms with Crippen LogP contribution < -0.4 is 5.32 Å². The lowest BCUT2D eigenvalue weighted by atomic mass is 10.1. The fraction of sp³-hybridized carbons (Fsp3) is 0.688. The van der Waals surface area contributed by atoms with Crippen LogP contribution in [0.4, 0.5) is 0 Å². The summed E-state index contributed by atoms with van der Waals surface area (Å²) in [5.41, 5.74) is 1.12. The molecule has 1 aliphatic heterocycles. The largest absolute Gasteiger partial charge is 0.469 e. The first-order valence-corrected chi connectivity index (χ1v) is 9.84. The van der Waals surface area contributed by atoms with Crippen molar-refractivity contribution in [3.8, 4) is 0 Å². The molecule has 1 aromatic rings. The molecule has 0 aliphatic carbocycles. The Morgan fingerprint density at radius 1 is 1.50 bits per heavy atom. The maximum absolute atomic E-state index is 11.6. The third kappa shape index (κ3) is 6.27. The number of guanidine groups is 1. The smallest absolute Gasteiger partial charge is 0.194 e. The van der Waals surface area contributed by atoms with Gasteiger partial charge in [0.1, 0.15) is 5.76 Å². The van der Waals surface area contributed by atoms with Gasteiger partial charge in [0.25, 0.3) is 0 Å². The molecule has 2 heterocycles. The lowest BCUT2D eigenvalue weighted by Crippen LogP contribution is -2.42. The van der Waals surface area contributed by atoms with E-state index < -0.39 is 9.84 Å². The van der Waals surface area contributed by atoms with Crippen molar-refractivity contribution >= 4 is 39.8 Å². The highest BCUT2D eigenvalue weighted by Crippen LogP contribution is 2.19. The molecule has 2 rings (SSSR count). The Bertz CT molecular complexity index is 655. The van der Waals surface area contributed by atoms with Crippen molar-refractivity contribution in [3.05, 3.63) is 23.7 Å². The molecular formula is C16H28IN3O3S. The molecule has 1 unspecified atom stereocenters. The van der Waals surface area contributed by atoms with E-state index in [0.717, 1.165) is 17.3 Å². The van der Waals surface area contributed by atoms with Crippen molar-refractivity contribution < 1.29 is 12.8 Å². The van der Waals surface area contributed by atoms with Crippen LogP contribution in [0.25, 0.3) is 0 Å². The summed E-state index contributed by atoms with van der Waals surface area (Å²) in [6, 6.07) is 2.22. The molecule has 0 bridgehead atoms. The van der Waals surface area contributed by atoms with Crippen LogP contribution in [-0.2, 0) is 16.4 Å². The van der Waals surface area contributed by atoms with Gasteiger partial charge in [0.15, 0.2) is 15.8 Å². The van der Waals surface area contributed by atoms with Gasteiger partial charge in [0.05, 0.1) is 17.8 Å². The van der Waals surface area contributed by atoms with Gasteiger partial charge in [-0.1, -0.05) is 0 Å². The molecule has 0 radical (unpaired) electrons. The van der Waals surface area contributed by atoms with Gasteiger partial charge in [-0.2, -0.15) is 0 Å². The fourth-order valence-corrected chi connectivity index (χ4v) is 4.52. The van der Waals surface area contributed by atoms with Gasteiger partial charge < -0.3 is 14.6 Å². The zero-order valence-electron chi connectivity index (χ0n) is 14.8. The van der Waals surface area contributed by atoms with Gasteiger partial charge in [0, 0.05) is 31.7 Å². The summed E-state index contributed by atoms with van der Waals surface area (Å²) in [6.45, 7) is 7.31. The molecule has 24 heavy (non-hydrogen) atoms. The number of aliphatic imine (C=N–C) groups is 1. The molecule has 8 heteroatoms. The van der Waals surface area contributed by atoms with Crippen molar-refractivity contribution in [3.63, 3.8) is 0 Å². The topological polar surface area (TPSA) is 74.9 Å². The zero-order valence-corrected chi connectivity index (χ0v) is 17.9. The average molecular weight is 469 g/mol. The molecule has 0 saturated carbocycles. The number of aryl methyl sites for hydroxylation is 1. The van der Waals surface area contributed by atoms with Crippen LogP contribution in [0.5, 0.6) is 0 Å². The third-order valence-electron chi connectivity index (χ3n) is 3.98. The van der Waals surface area contributed by atoms with Crippen LogP contribution >= 0.6 is 24.0 Å². The Labute approximate surface area is 162 Å². The summed E-state index contributed by atoms with van der Waals surface area (Å²) < 4.78 is 28.5. The number of halogens is 1. The predicted molar refractivity (Wildman–Crippen MR) is 108 cm³/mol.